The molecule has 5 rings (SSSR count). The lowest BCUT2D eigenvalue weighted by Gasteiger charge is -2.15. The Balaban J connectivity index is 1.62. The van der Waals surface area contributed by atoms with Crippen molar-refractivity contribution in [1.82, 2.24) is 24.1 Å². The number of hydrogen-bond donors (Lipinski definition) is 1. The lowest BCUT2D eigenvalue weighted by Crippen LogP contribution is -2.22. The number of pyridine rings is 2. The van der Waals surface area contributed by atoms with E-state index in [9.17, 15) is 22.4 Å². The van der Waals surface area contributed by atoms with Gasteiger partial charge in [-0.1, -0.05) is 20.8 Å². The minimum atomic E-state index is -4.91. The Kier molecular flexibility index (Phi) is 5.58. The highest BCUT2D eigenvalue weighted by Crippen LogP contribution is 2.34. The van der Waals surface area contributed by atoms with E-state index in [2.05, 4.69) is 41.8 Å². The van der Waals surface area contributed by atoms with Crippen LogP contribution in [-0.2, 0) is 18.6 Å². The standard InChI is InChI=1S/C27H23F4N5O/c1-26(2,3)23-11-16-9-17(13-33-24(16)34-23)15-7-8-32-21(10-15)22-14-35(4)25(37)36(22)18-5-6-20(28)19(12-18)27(29,30)31/h5-14H,1-4H3,(H,33,34). The number of alkyl halides is 3. The molecule has 0 aliphatic heterocycles. The highest BCUT2D eigenvalue weighted by molar-refractivity contribution is 5.83. The number of hydrogen-bond acceptors (Lipinski definition) is 3. The zero-order valence-corrected chi connectivity index (χ0v) is 20.5. The highest BCUT2D eigenvalue weighted by atomic mass is 19.4. The van der Waals surface area contributed by atoms with Crippen LogP contribution in [0.1, 0.15) is 32.0 Å². The molecule has 0 amide bonds. The fourth-order valence-electron chi connectivity index (χ4n) is 4.18. The van der Waals surface area contributed by atoms with Crippen LogP contribution in [0.3, 0.4) is 0 Å². The average Bonchev–Trinajstić information content (AvgIpc) is 3.40. The second-order valence-corrected chi connectivity index (χ2v) is 9.93. The molecule has 0 unspecified atom stereocenters. The fourth-order valence-corrected chi connectivity index (χ4v) is 4.18. The highest BCUT2D eigenvalue weighted by Gasteiger charge is 2.34. The quantitative estimate of drug-likeness (QED) is 0.293. The molecule has 5 aromatic rings. The number of aromatic nitrogens is 5. The SMILES string of the molecule is Cn1cc(-c2cc(-c3cnc4[nH]c(C(C)(C)C)cc4c3)ccn2)n(-c2ccc(F)c(C(F)(F)F)c2)c1=O. The number of aromatic amines is 1. The van der Waals surface area contributed by atoms with Crippen LogP contribution in [0.2, 0.25) is 0 Å². The zero-order chi connectivity index (χ0) is 26.7. The molecule has 0 spiro atoms. The first-order chi connectivity index (χ1) is 17.3. The Labute approximate surface area is 209 Å². The third-order valence-corrected chi connectivity index (χ3v) is 6.20. The van der Waals surface area contributed by atoms with Crippen LogP contribution in [0, 0.1) is 5.82 Å². The summed E-state index contributed by atoms with van der Waals surface area (Å²) in [5, 5.41) is 0.934. The zero-order valence-electron chi connectivity index (χ0n) is 20.5. The van der Waals surface area contributed by atoms with Crippen LogP contribution in [0.15, 0.2) is 65.8 Å². The smallest absolute Gasteiger partial charge is 0.343 e. The van der Waals surface area contributed by atoms with Gasteiger partial charge < -0.3 is 9.55 Å². The normalized spacial score (nSPS) is 12.4. The molecule has 10 heteroatoms. The maximum absolute atomic E-state index is 13.9. The van der Waals surface area contributed by atoms with Crippen molar-refractivity contribution in [2.24, 2.45) is 7.05 Å². The number of imidazole rings is 1. The van der Waals surface area contributed by atoms with Gasteiger partial charge in [-0.15, -0.1) is 0 Å². The molecule has 190 valence electrons. The predicted molar refractivity (Wildman–Crippen MR) is 133 cm³/mol. The van der Waals surface area contributed by atoms with Gasteiger partial charge in [0.25, 0.3) is 0 Å². The predicted octanol–water partition coefficient (Wildman–Crippen LogP) is 6.24. The molecule has 6 nitrogen and oxygen atoms in total. The Morgan fingerprint density at radius 2 is 1.70 bits per heavy atom. The summed E-state index contributed by atoms with van der Waals surface area (Å²) in [7, 11) is 1.48. The molecule has 0 aliphatic carbocycles. The maximum Gasteiger partial charge on any atom is 0.419 e. The second kappa shape index (κ2) is 8.43. The molecule has 0 radical (unpaired) electrons. The Morgan fingerprint density at radius 1 is 0.946 bits per heavy atom. The number of rotatable bonds is 3. The van der Waals surface area contributed by atoms with E-state index in [4.69, 9.17) is 0 Å². The van der Waals surface area contributed by atoms with Gasteiger partial charge in [0.1, 0.15) is 11.5 Å². The minimum absolute atomic E-state index is 0.0754. The summed E-state index contributed by atoms with van der Waals surface area (Å²) in [4.78, 5) is 25.1. The van der Waals surface area contributed by atoms with Crippen molar-refractivity contribution in [3.63, 3.8) is 0 Å². The topological polar surface area (TPSA) is 68.5 Å². The first-order valence-electron chi connectivity index (χ1n) is 11.4. The van der Waals surface area contributed by atoms with Crippen molar-refractivity contribution in [3.05, 3.63) is 88.6 Å². The van der Waals surface area contributed by atoms with Crippen molar-refractivity contribution in [3.8, 4) is 28.2 Å². The molecule has 37 heavy (non-hydrogen) atoms. The van der Waals surface area contributed by atoms with Gasteiger partial charge in [0.15, 0.2) is 0 Å². The van der Waals surface area contributed by atoms with Gasteiger partial charge in [-0.3, -0.25) is 9.55 Å². The lowest BCUT2D eigenvalue weighted by atomic mass is 9.92. The average molecular weight is 510 g/mol. The second-order valence-electron chi connectivity index (χ2n) is 9.93. The monoisotopic (exact) mass is 509 g/mol. The Morgan fingerprint density at radius 3 is 2.41 bits per heavy atom. The minimum Gasteiger partial charge on any atom is -0.343 e. The van der Waals surface area contributed by atoms with E-state index in [-0.39, 0.29) is 16.8 Å². The summed E-state index contributed by atoms with van der Waals surface area (Å²) >= 11 is 0. The van der Waals surface area contributed by atoms with Crippen molar-refractivity contribution in [1.29, 1.82) is 0 Å². The Bertz CT molecular complexity index is 1700. The maximum atomic E-state index is 13.9. The van der Waals surface area contributed by atoms with Crippen LogP contribution in [0.25, 0.3) is 39.2 Å². The third-order valence-electron chi connectivity index (χ3n) is 6.20. The first kappa shape index (κ1) is 24.5. The summed E-state index contributed by atoms with van der Waals surface area (Å²) in [6, 6.07) is 10.0. The lowest BCUT2D eigenvalue weighted by molar-refractivity contribution is -0.140. The number of benzene rings is 1. The van der Waals surface area contributed by atoms with E-state index in [0.29, 0.717) is 17.8 Å². The number of aryl methyl sites for hydroxylation is 1. The van der Waals surface area contributed by atoms with Gasteiger partial charge in [0, 0.05) is 47.7 Å². The van der Waals surface area contributed by atoms with Crippen molar-refractivity contribution in [2.75, 3.05) is 0 Å². The number of nitrogens with one attached hydrogen (secondary N) is 1. The van der Waals surface area contributed by atoms with Crippen LogP contribution in [0.4, 0.5) is 17.6 Å². The molecule has 1 aromatic carbocycles. The molecule has 4 heterocycles. The van der Waals surface area contributed by atoms with Crippen molar-refractivity contribution >= 4 is 11.0 Å². The third kappa shape index (κ3) is 4.43. The van der Waals surface area contributed by atoms with Crippen LogP contribution in [0.5, 0.6) is 0 Å². The van der Waals surface area contributed by atoms with Gasteiger partial charge in [-0.2, -0.15) is 13.2 Å². The number of H-pyrrole nitrogens is 1. The summed E-state index contributed by atoms with van der Waals surface area (Å²) in [5.74, 6) is -1.41. The molecule has 0 bridgehead atoms. The van der Waals surface area contributed by atoms with Crippen LogP contribution >= 0.6 is 0 Å². The number of nitrogens with zero attached hydrogens (tertiary/aromatic N) is 4. The summed E-state index contributed by atoms with van der Waals surface area (Å²) in [5.41, 5.74) is 1.76. The summed E-state index contributed by atoms with van der Waals surface area (Å²) < 4.78 is 56.2. The van der Waals surface area contributed by atoms with E-state index in [1.54, 1.807) is 24.5 Å². The molecular weight excluding hydrogens is 486 g/mol. The molecule has 1 N–H and O–H groups in total. The van der Waals surface area contributed by atoms with E-state index < -0.39 is 23.2 Å². The van der Waals surface area contributed by atoms with E-state index in [1.165, 1.54) is 17.8 Å². The number of fused-ring (bicyclic) bond motifs is 1. The molecular formula is C27H23F4N5O. The van der Waals surface area contributed by atoms with Gasteiger partial charge in [0.2, 0.25) is 0 Å². The van der Waals surface area contributed by atoms with Crippen LogP contribution < -0.4 is 5.69 Å². The molecule has 0 atom stereocenters. The van der Waals surface area contributed by atoms with Crippen molar-refractivity contribution in [2.45, 2.75) is 32.4 Å². The largest absolute Gasteiger partial charge is 0.419 e. The van der Waals surface area contributed by atoms with Crippen molar-refractivity contribution < 1.29 is 17.6 Å². The van der Waals surface area contributed by atoms with Crippen LogP contribution in [-0.4, -0.2) is 24.1 Å². The van der Waals surface area contributed by atoms with E-state index in [0.717, 1.165) is 38.5 Å². The molecule has 0 aliphatic rings. The van der Waals surface area contributed by atoms with E-state index in [1.807, 2.05) is 6.07 Å². The van der Waals surface area contributed by atoms with Gasteiger partial charge in [0.05, 0.1) is 22.6 Å². The Hall–Kier alpha value is -4.21. The molecule has 0 saturated carbocycles. The molecule has 0 saturated heterocycles. The summed E-state index contributed by atoms with van der Waals surface area (Å²) in [6.45, 7) is 6.31. The first-order valence-corrected chi connectivity index (χ1v) is 11.4. The van der Waals surface area contributed by atoms with Gasteiger partial charge in [-0.25, -0.2) is 14.2 Å². The summed E-state index contributed by atoms with van der Waals surface area (Å²) in [6.07, 6.45) is -0.153. The van der Waals surface area contributed by atoms with Gasteiger partial charge in [-0.05, 0) is 48.0 Å². The molecule has 4 aromatic heterocycles. The van der Waals surface area contributed by atoms with Gasteiger partial charge >= 0.3 is 11.9 Å². The fraction of sp³-hybridized carbons (Fsp3) is 0.222. The van der Waals surface area contributed by atoms with E-state index >= 15 is 0 Å². The molecule has 0 fully saturated rings. The number of halogens is 4.